The van der Waals surface area contributed by atoms with Crippen molar-refractivity contribution in [2.75, 3.05) is 19.6 Å². The van der Waals surface area contributed by atoms with E-state index < -0.39 is 5.54 Å². The Labute approximate surface area is 130 Å². The topological polar surface area (TPSA) is 71.3 Å². The number of hydrogen-bond donors (Lipinski definition) is 1. The molecule has 1 fully saturated rings. The monoisotopic (exact) mass is 304 g/mol. The first-order valence-electron chi connectivity index (χ1n) is 8.04. The lowest BCUT2D eigenvalue weighted by atomic mass is 9.94. The maximum absolute atomic E-state index is 11.7. The number of nitrogens with zero attached hydrogens (tertiary/aromatic N) is 3. The van der Waals surface area contributed by atoms with Crippen molar-refractivity contribution >= 4 is 5.91 Å². The molecule has 0 bridgehead atoms. The molecule has 0 saturated carbocycles. The number of carbonyl (C=O) groups excluding carboxylic acids is 1. The lowest BCUT2D eigenvalue weighted by Gasteiger charge is -2.29. The van der Waals surface area contributed by atoms with Gasteiger partial charge in [-0.15, -0.1) is 0 Å². The minimum absolute atomic E-state index is 0.0510. The highest BCUT2D eigenvalue weighted by molar-refractivity contribution is 5.74. The zero-order chi connectivity index (χ0) is 15.6. The van der Waals surface area contributed by atoms with Crippen LogP contribution in [0.4, 0.5) is 0 Å². The van der Waals surface area contributed by atoms with Crippen LogP contribution in [0, 0.1) is 12.8 Å². The van der Waals surface area contributed by atoms with Gasteiger partial charge >= 0.3 is 0 Å². The van der Waals surface area contributed by atoms with Gasteiger partial charge in [0.05, 0.1) is 0 Å². The van der Waals surface area contributed by atoms with Crippen LogP contribution in [-0.2, 0) is 10.3 Å². The summed E-state index contributed by atoms with van der Waals surface area (Å²) in [4.78, 5) is 18.4. The molecule has 0 unspecified atom stereocenters. The van der Waals surface area contributed by atoms with Gasteiger partial charge in [-0.1, -0.05) is 17.3 Å². The van der Waals surface area contributed by atoms with Crippen LogP contribution in [0.25, 0.3) is 0 Å². The van der Waals surface area contributed by atoms with Crippen molar-refractivity contribution in [3.8, 4) is 0 Å². The highest BCUT2D eigenvalue weighted by atomic mass is 16.5. The molecule has 1 amide bonds. The molecule has 3 rings (SSSR count). The van der Waals surface area contributed by atoms with Gasteiger partial charge in [0.1, 0.15) is 5.54 Å². The van der Waals surface area contributed by atoms with Gasteiger partial charge in [0.15, 0.2) is 5.82 Å². The number of allylic oxidation sites excluding steroid dienone is 2. The number of amides is 1. The Morgan fingerprint density at radius 1 is 1.55 bits per heavy atom. The Hall–Kier alpha value is -1.69. The smallest absolute Gasteiger partial charge is 0.223 e. The molecule has 1 saturated heterocycles. The molecule has 2 aliphatic rings. The second kappa shape index (κ2) is 6.20. The SMILES string of the molecule is CC(=O)N[C@]1(c2noc(C)n2)CCN(C[C@H]2CC=CCC2)C1. The summed E-state index contributed by atoms with van der Waals surface area (Å²) in [7, 11) is 0. The summed E-state index contributed by atoms with van der Waals surface area (Å²) in [5.74, 6) is 1.80. The zero-order valence-corrected chi connectivity index (χ0v) is 13.3. The van der Waals surface area contributed by atoms with E-state index in [1.807, 2.05) is 0 Å². The maximum atomic E-state index is 11.7. The summed E-state index contributed by atoms with van der Waals surface area (Å²) in [6.07, 6.45) is 8.97. The molecular weight excluding hydrogens is 280 g/mol. The summed E-state index contributed by atoms with van der Waals surface area (Å²) in [6.45, 7) is 6.10. The second-order valence-corrected chi connectivity index (χ2v) is 6.54. The predicted octanol–water partition coefficient (Wildman–Crippen LogP) is 1.77. The Kier molecular flexibility index (Phi) is 4.29. The third-order valence-electron chi connectivity index (χ3n) is 4.61. The van der Waals surface area contributed by atoms with E-state index in [1.54, 1.807) is 13.8 Å². The number of nitrogens with one attached hydrogen (secondary N) is 1. The largest absolute Gasteiger partial charge is 0.342 e. The van der Waals surface area contributed by atoms with Crippen molar-refractivity contribution in [1.29, 1.82) is 0 Å². The van der Waals surface area contributed by atoms with Crippen LogP contribution in [0.1, 0.15) is 44.3 Å². The van der Waals surface area contributed by atoms with Crippen LogP contribution in [-0.4, -0.2) is 40.6 Å². The van der Waals surface area contributed by atoms with Crippen LogP contribution in [0.15, 0.2) is 16.7 Å². The molecule has 6 heteroatoms. The van der Waals surface area contributed by atoms with Gasteiger partial charge in [0.2, 0.25) is 11.8 Å². The third-order valence-corrected chi connectivity index (χ3v) is 4.61. The Morgan fingerprint density at radius 3 is 3.05 bits per heavy atom. The molecule has 1 N–H and O–H groups in total. The van der Waals surface area contributed by atoms with Gasteiger partial charge in [0, 0.05) is 33.5 Å². The number of likely N-dealkylation sites (tertiary alicyclic amines) is 1. The average molecular weight is 304 g/mol. The fourth-order valence-electron chi connectivity index (χ4n) is 3.60. The summed E-state index contributed by atoms with van der Waals surface area (Å²) in [5, 5.41) is 7.14. The fourth-order valence-corrected chi connectivity index (χ4v) is 3.60. The summed E-state index contributed by atoms with van der Waals surface area (Å²) >= 11 is 0. The van der Waals surface area contributed by atoms with E-state index in [-0.39, 0.29) is 5.91 Å². The Balaban J connectivity index is 1.72. The minimum atomic E-state index is -0.506. The van der Waals surface area contributed by atoms with Crippen LogP contribution in [0.5, 0.6) is 0 Å². The first-order valence-corrected chi connectivity index (χ1v) is 8.04. The van der Waals surface area contributed by atoms with Crippen molar-refractivity contribution in [2.45, 2.75) is 45.1 Å². The first kappa shape index (κ1) is 15.2. The zero-order valence-electron chi connectivity index (χ0n) is 13.3. The second-order valence-electron chi connectivity index (χ2n) is 6.54. The normalized spacial score (nSPS) is 28.9. The molecule has 2 heterocycles. The summed E-state index contributed by atoms with van der Waals surface area (Å²) in [6, 6.07) is 0. The number of carbonyl (C=O) groups is 1. The van der Waals surface area contributed by atoms with E-state index in [2.05, 4.69) is 32.5 Å². The quantitative estimate of drug-likeness (QED) is 0.858. The van der Waals surface area contributed by atoms with Crippen molar-refractivity contribution in [2.24, 2.45) is 5.92 Å². The minimum Gasteiger partial charge on any atom is -0.342 e. The van der Waals surface area contributed by atoms with Crippen molar-refractivity contribution < 1.29 is 9.32 Å². The van der Waals surface area contributed by atoms with Gasteiger partial charge in [0.25, 0.3) is 0 Å². The van der Waals surface area contributed by atoms with Gasteiger partial charge in [-0.05, 0) is 31.6 Å². The third kappa shape index (κ3) is 3.21. The molecule has 0 radical (unpaired) electrons. The maximum Gasteiger partial charge on any atom is 0.223 e. The Morgan fingerprint density at radius 2 is 2.41 bits per heavy atom. The number of hydrogen-bond acceptors (Lipinski definition) is 5. The van der Waals surface area contributed by atoms with Crippen LogP contribution in [0.2, 0.25) is 0 Å². The lowest BCUT2D eigenvalue weighted by Crippen LogP contribution is -2.48. The predicted molar refractivity (Wildman–Crippen MR) is 82.1 cm³/mol. The molecule has 2 atom stereocenters. The molecule has 1 aliphatic carbocycles. The summed E-state index contributed by atoms with van der Waals surface area (Å²) < 4.78 is 5.13. The number of rotatable bonds is 4. The number of aryl methyl sites for hydroxylation is 1. The molecule has 1 aliphatic heterocycles. The van der Waals surface area contributed by atoms with Crippen LogP contribution < -0.4 is 5.32 Å². The summed E-state index contributed by atoms with van der Waals surface area (Å²) in [5.41, 5.74) is -0.506. The van der Waals surface area contributed by atoms with E-state index in [0.29, 0.717) is 17.6 Å². The average Bonchev–Trinajstić information content (AvgIpc) is 3.07. The fraction of sp³-hybridized carbons (Fsp3) is 0.688. The highest BCUT2D eigenvalue weighted by Crippen LogP contribution is 2.32. The highest BCUT2D eigenvalue weighted by Gasteiger charge is 2.44. The van der Waals surface area contributed by atoms with Gasteiger partial charge in [-0.2, -0.15) is 4.98 Å². The molecule has 0 spiro atoms. The van der Waals surface area contributed by atoms with Gasteiger partial charge < -0.3 is 14.7 Å². The van der Waals surface area contributed by atoms with Gasteiger partial charge in [-0.3, -0.25) is 4.79 Å². The lowest BCUT2D eigenvalue weighted by molar-refractivity contribution is -0.121. The van der Waals surface area contributed by atoms with Crippen LogP contribution >= 0.6 is 0 Å². The van der Waals surface area contributed by atoms with Crippen LogP contribution in [0.3, 0.4) is 0 Å². The molecule has 120 valence electrons. The molecule has 1 aromatic rings. The van der Waals surface area contributed by atoms with E-state index in [4.69, 9.17) is 4.52 Å². The van der Waals surface area contributed by atoms with E-state index in [1.165, 1.54) is 12.8 Å². The molecule has 1 aromatic heterocycles. The van der Waals surface area contributed by atoms with Crippen molar-refractivity contribution in [1.82, 2.24) is 20.4 Å². The van der Waals surface area contributed by atoms with Gasteiger partial charge in [-0.25, -0.2) is 0 Å². The van der Waals surface area contributed by atoms with Crippen molar-refractivity contribution in [3.05, 3.63) is 23.9 Å². The first-order chi connectivity index (χ1) is 10.6. The molecule has 22 heavy (non-hydrogen) atoms. The molecular formula is C16H24N4O2. The number of aromatic nitrogens is 2. The van der Waals surface area contributed by atoms with E-state index >= 15 is 0 Å². The van der Waals surface area contributed by atoms with Crippen molar-refractivity contribution in [3.63, 3.8) is 0 Å². The standard InChI is InChI=1S/C16H24N4O2/c1-12(21)18-16(15-17-13(2)22-19-15)8-9-20(11-16)10-14-6-4-3-5-7-14/h3-4,14H,5-11H2,1-2H3,(H,18,21)/t14-,16+/m0/s1. The Bertz CT molecular complexity index is 568. The van der Waals surface area contributed by atoms with E-state index in [9.17, 15) is 4.79 Å². The molecule has 0 aromatic carbocycles. The molecule has 6 nitrogen and oxygen atoms in total. The van der Waals surface area contributed by atoms with E-state index in [0.717, 1.165) is 32.5 Å².